The van der Waals surface area contributed by atoms with E-state index < -0.39 is 18.6 Å². The van der Waals surface area contributed by atoms with Crippen molar-refractivity contribution in [3.8, 4) is 0 Å². The van der Waals surface area contributed by atoms with Crippen LogP contribution < -0.4 is 5.32 Å². The lowest BCUT2D eigenvalue weighted by atomic mass is 10.0. The third-order valence-electron chi connectivity index (χ3n) is 3.59. The Morgan fingerprint density at radius 3 is 2.27 bits per heavy atom. The van der Waals surface area contributed by atoms with Crippen molar-refractivity contribution in [1.82, 2.24) is 10.2 Å². The van der Waals surface area contributed by atoms with Gasteiger partial charge in [-0.05, 0) is 23.4 Å². The summed E-state index contributed by atoms with van der Waals surface area (Å²) in [6.45, 7) is 4.88. The molecule has 1 saturated heterocycles. The average Bonchev–Trinajstić information content (AvgIpc) is 2.46. The molecule has 7 heteroatoms. The Balaban J connectivity index is 0.00000242. The standard InChI is InChI=1S/C15H21F3N2S.ClH/c1-2-21-13-5-3-12(4-6-13)14(11-15(16,17)18)20-9-7-19-8-10-20;/h3-6,14,19H,2,7-11H2,1H3;1H/t14-;/m1./s1. The van der Waals surface area contributed by atoms with Gasteiger partial charge in [-0.3, -0.25) is 4.90 Å². The van der Waals surface area contributed by atoms with Gasteiger partial charge in [-0.25, -0.2) is 0 Å². The Hall–Kier alpha value is -0.430. The molecule has 2 nitrogen and oxygen atoms in total. The van der Waals surface area contributed by atoms with E-state index in [0.29, 0.717) is 13.1 Å². The molecule has 1 aromatic rings. The predicted molar refractivity (Wildman–Crippen MR) is 87.9 cm³/mol. The topological polar surface area (TPSA) is 15.3 Å². The van der Waals surface area contributed by atoms with Gasteiger partial charge in [0.15, 0.2) is 0 Å². The third kappa shape index (κ3) is 5.99. The van der Waals surface area contributed by atoms with Crippen LogP contribution in [0.15, 0.2) is 29.2 Å². The van der Waals surface area contributed by atoms with E-state index in [1.54, 1.807) is 11.8 Å². The molecule has 0 amide bonds. The van der Waals surface area contributed by atoms with Crippen LogP contribution in [0.5, 0.6) is 0 Å². The zero-order chi connectivity index (χ0) is 15.3. The van der Waals surface area contributed by atoms with Crippen LogP contribution in [-0.2, 0) is 0 Å². The highest BCUT2D eigenvalue weighted by Gasteiger charge is 2.35. The van der Waals surface area contributed by atoms with Crippen LogP contribution in [0.2, 0.25) is 0 Å². The quantitative estimate of drug-likeness (QED) is 0.801. The van der Waals surface area contributed by atoms with Crippen LogP contribution in [0.1, 0.15) is 24.9 Å². The number of piperazine rings is 1. The molecule has 0 saturated carbocycles. The maximum absolute atomic E-state index is 12.9. The SMILES string of the molecule is CCSc1ccc([C@@H](CC(F)(F)F)N2CCNCC2)cc1.Cl. The Bertz CT molecular complexity index is 433. The highest BCUT2D eigenvalue weighted by molar-refractivity contribution is 7.99. The molecule has 0 unspecified atom stereocenters. The molecule has 1 atom stereocenters. The molecule has 2 rings (SSSR count). The largest absolute Gasteiger partial charge is 0.390 e. The molecule has 0 aliphatic carbocycles. The molecule has 22 heavy (non-hydrogen) atoms. The number of thioether (sulfide) groups is 1. The normalized spacial score (nSPS) is 17.8. The molecule has 1 aromatic carbocycles. The van der Waals surface area contributed by atoms with Crippen LogP contribution in [0.3, 0.4) is 0 Å². The molecule has 0 radical (unpaired) electrons. The minimum absolute atomic E-state index is 0. The van der Waals surface area contributed by atoms with E-state index in [9.17, 15) is 13.2 Å². The second-order valence-corrected chi connectivity index (χ2v) is 6.46. The molecule has 1 aliphatic heterocycles. The number of halogens is 4. The van der Waals surface area contributed by atoms with E-state index in [2.05, 4.69) is 12.2 Å². The summed E-state index contributed by atoms with van der Waals surface area (Å²) < 4.78 is 38.7. The van der Waals surface area contributed by atoms with Gasteiger partial charge in [0, 0.05) is 37.1 Å². The maximum Gasteiger partial charge on any atom is 0.390 e. The van der Waals surface area contributed by atoms with Crippen LogP contribution in [0.4, 0.5) is 13.2 Å². The average molecular weight is 355 g/mol. The van der Waals surface area contributed by atoms with E-state index in [0.717, 1.165) is 29.3 Å². The summed E-state index contributed by atoms with van der Waals surface area (Å²) in [6, 6.07) is 6.96. The highest BCUT2D eigenvalue weighted by atomic mass is 35.5. The number of hydrogen-bond donors (Lipinski definition) is 1. The number of hydrogen-bond acceptors (Lipinski definition) is 3. The molecule has 0 aromatic heterocycles. The molecule has 1 N–H and O–H groups in total. The summed E-state index contributed by atoms with van der Waals surface area (Å²) >= 11 is 1.70. The van der Waals surface area contributed by atoms with Crippen molar-refractivity contribution in [2.45, 2.75) is 30.5 Å². The van der Waals surface area contributed by atoms with Gasteiger partial charge in [0.2, 0.25) is 0 Å². The fourth-order valence-electron chi connectivity index (χ4n) is 2.62. The second kappa shape index (κ2) is 9.01. The molecule has 0 spiro atoms. The lowest BCUT2D eigenvalue weighted by Gasteiger charge is -2.35. The zero-order valence-corrected chi connectivity index (χ0v) is 14.2. The van der Waals surface area contributed by atoms with Crippen LogP contribution in [0.25, 0.3) is 0 Å². The van der Waals surface area contributed by atoms with E-state index in [-0.39, 0.29) is 12.4 Å². The monoisotopic (exact) mass is 354 g/mol. The minimum Gasteiger partial charge on any atom is -0.314 e. The zero-order valence-electron chi connectivity index (χ0n) is 12.5. The number of nitrogens with one attached hydrogen (secondary N) is 1. The Morgan fingerprint density at radius 1 is 1.18 bits per heavy atom. The summed E-state index contributed by atoms with van der Waals surface area (Å²) in [4.78, 5) is 3.04. The van der Waals surface area contributed by atoms with Gasteiger partial charge in [-0.2, -0.15) is 13.2 Å². The summed E-state index contributed by atoms with van der Waals surface area (Å²) in [7, 11) is 0. The van der Waals surface area contributed by atoms with Gasteiger partial charge in [0.25, 0.3) is 0 Å². The first-order chi connectivity index (χ1) is 9.99. The van der Waals surface area contributed by atoms with Crippen molar-refractivity contribution in [3.05, 3.63) is 29.8 Å². The van der Waals surface area contributed by atoms with E-state index in [4.69, 9.17) is 0 Å². The Labute approximate surface area is 140 Å². The van der Waals surface area contributed by atoms with Gasteiger partial charge in [0.05, 0.1) is 6.42 Å². The summed E-state index contributed by atoms with van der Waals surface area (Å²) in [6.07, 6.45) is -4.93. The van der Waals surface area contributed by atoms with Crippen molar-refractivity contribution >= 4 is 24.2 Å². The van der Waals surface area contributed by atoms with Crippen LogP contribution >= 0.6 is 24.2 Å². The predicted octanol–water partition coefficient (Wildman–Crippen LogP) is 4.12. The van der Waals surface area contributed by atoms with E-state index >= 15 is 0 Å². The summed E-state index contributed by atoms with van der Waals surface area (Å²) in [5.41, 5.74) is 0.759. The summed E-state index contributed by atoms with van der Waals surface area (Å²) in [5, 5.41) is 3.18. The number of benzene rings is 1. The molecule has 1 aliphatic rings. The lowest BCUT2D eigenvalue weighted by Crippen LogP contribution is -2.46. The van der Waals surface area contributed by atoms with Gasteiger partial charge in [0.1, 0.15) is 0 Å². The van der Waals surface area contributed by atoms with Crippen molar-refractivity contribution in [3.63, 3.8) is 0 Å². The number of rotatable bonds is 5. The highest BCUT2D eigenvalue weighted by Crippen LogP contribution is 2.34. The van der Waals surface area contributed by atoms with Crippen LogP contribution in [-0.4, -0.2) is 43.0 Å². The Kier molecular flexibility index (Phi) is 8.03. The first kappa shape index (κ1) is 19.6. The van der Waals surface area contributed by atoms with E-state index in [1.165, 1.54) is 0 Å². The molecule has 126 valence electrons. The van der Waals surface area contributed by atoms with Crippen LogP contribution in [0, 0.1) is 0 Å². The Morgan fingerprint density at radius 2 is 1.77 bits per heavy atom. The maximum atomic E-state index is 12.9. The van der Waals surface area contributed by atoms with E-state index in [1.807, 2.05) is 29.2 Å². The van der Waals surface area contributed by atoms with Crippen molar-refractivity contribution in [2.24, 2.45) is 0 Å². The lowest BCUT2D eigenvalue weighted by molar-refractivity contribution is -0.148. The second-order valence-electron chi connectivity index (χ2n) is 5.12. The minimum atomic E-state index is -4.15. The number of alkyl halides is 3. The molecule has 0 bridgehead atoms. The van der Waals surface area contributed by atoms with Gasteiger partial charge < -0.3 is 5.32 Å². The molecular formula is C15H22ClF3N2S. The van der Waals surface area contributed by atoms with Gasteiger partial charge >= 0.3 is 6.18 Å². The van der Waals surface area contributed by atoms with Crippen molar-refractivity contribution in [1.29, 1.82) is 0 Å². The van der Waals surface area contributed by atoms with Crippen molar-refractivity contribution in [2.75, 3.05) is 31.9 Å². The van der Waals surface area contributed by atoms with Gasteiger partial charge in [-0.1, -0.05) is 19.1 Å². The fourth-order valence-corrected chi connectivity index (χ4v) is 3.29. The summed E-state index contributed by atoms with van der Waals surface area (Å²) in [5.74, 6) is 0.961. The number of nitrogens with zero attached hydrogens (tertiary/aromatic N) is 1. The molecule has 1 heterocycles. The smallest absolute Gasteiger partial charge is 0.314 e. The van der Waals surface area contributed by atoms with Gasteiger partial charge in [-0.15, -0.1) is 24.2 Å². The molecular weight excluding hydrogens is 333 g/mol. The first-order valence-electron chi connectivity index (χ1n) is 7.24. The first-order valence-corrected chi connectivity index (χ1v) is 8.22. The van der Waals surface area contributed by atoms with Crippen molar-refractivity contribution < 1.29 is 13.2 Å². The fraction of sp³-hybridized carbons (Fsp3) is 0.600. The third-order valence-corrected chi connectivity index (χ3v) is 4.49. The molecule has 1 fully saturated rings.